The Labute approximate surface area is 195 Å². The Kier molecular flexibility index (Phi) is 5.81. The van der Waals surface area contributed by atoms with Gasteiger partial charge >= 0.3 is 0 Å². The number of hydrazine groups is 1. The predicted molar refractivity (Wildman–Crippen MR) is 119 cm³/mol. The van der Waals surface area contributed by atoms with E-state index >= 15 is 0 Å². The average Bonchev–Trinajstić information content (AvgIpc) is 3.21. The largest absolute Gasteiger partial charge is 0.370 e. The highest BCUT2D eigenvalue weighted by atomic mass is 35.5. The number of primary amides is 1. The zero-order valence-electron chi connectivity index (χ0n) is 18.1. The molecule has 0 unspecified atom stereocenters. The van der Waals surface area contributed by atoms with Gasteiger partial charge in [0, 0.05) is 36.3 Å². The molecule has 0 spiro atoms. The van der Waals surface area contributed by atoms with E-state index in [9.17, 15) is 14.4 Å². The van der Waals surface area contributed by atoms with Gasteiger partial charge in [-0.05, 0) is 43.5 Å². The van der Waals surface area contributed by atoms with Gasteiger partial charge in [0.2, 0.25) is 0 Å². The maximum atomic E-state index is 13.6. The standard InChI is InChI=1S/C22H25ClN6O4/c23-14-1-3-16(4-2-14)29-20-17(19(25-29)21(24)31)7-10-27(22(20)32)15-5-8-26(9-6-15)28-11-12-33-13-18(28)30/h1-4,15H,5-13H2,(H2,24,31). The lowest BCUT2D eigenvalue weighted by Gasteiger charge is -2.44. The number of carbonyl (C=O) groups excluding carboxylic acids is 3. The number of piperidine rings is 1. The fourth-order valence-corrected chi connectivity index (χ4v) is 5.03. The Morgan fingerprint density at radius 1 is 1.09 bits per heavy atom. The van der Waals surface area contributed by atoms with Crippen LogP contribution in [0.3, 0.4) is 0 Å². The summed E-state index contributed by atoms with van der Waals surface area (Å²) in [5.74, 6) is -0.833. The summed E-state index contributed by atoms with van der Waals surface area (Å²) >= 11 is 6.01. The minimum Gasteiger partial charge on any atom is -0.370 e. The van der Waals surface area contributed by atoms with E-state index in [-0.39, 0.29) is 30.2 Å². The Bertz CT molecular complexity index is 1090. The number of rotatable bonds is 4. The minimum absolute atomic E-state index is 0.0239. The van der Waals surface area contributed by atoms with Gasteiger partial charge in [-0.2, -0.15) is 5.10 Å². The van der Waals surface area contributed by atoms with Crippen LogP contribution in [0.25, 0.3) is 5.69 Å². The molecule has 3 aliphatic heterocycles. The van der Waals surface area contributed by atoms with Gasteiger partial charge in [0.15, 0.2) is 5.69 Å². The second-order valence-electron chi connectivity index (χ2n) is 8.43. The quantitative estimate of drug-likeness (QED) is 0.706. The maximum Gasteiger partial charge on any atom is 0.273 e. The number of aromatic nitrogens is 2. The average molecular weight is 473 g/mol. The second kappa shape index (κ2) is 8.77. The van der Waals surface area contributed by atoms with Crippen LogP contribution in [0.2, 0.25) is 5.02 Å². The topological polar surface area (TPSA) is 114 Å². The van der Waals surface area contributed by atoms with Crippen LogP contribution < -0.4 is 5.73 Å². The molecule has 3 aliphatic rings. The molecule has 0 saturated carbocycles. The molecule has 3 amide bonds. The van der Waals surface area contributed by atoms with Crippen LogP contribution in [0.5, 0.6) is 0 Å². The molecule has 0 atom stereocenters. The predicted octanol–water partition coefficient (Wildman–Crippen LogP) is 0.861. The number of nitrogens with two attached hydrogens (primary N) is 1. The van der Waals surface area contributed by atoms with Gasteiger partial charge in [0.05, 0.1) is 18.8 Å². The highest BCUT2D eigenvalue weighted by Gasteiger charge is 2.39. The summed E-state index contributed by atoms with van der Waals surface area (Å²) in [6, 6.07) is 6.98. The van der Waals surface area contributed by atoms with Crippen LogP contribution in [0.1, 0.15) is 39.4 Å². The number of hydrogen-bond donors (Lipinski definition) is 1. The smallest absolute Gasteiger partial charge is 0.273 e. The number of carbonyl (C=O) groups is 3. The zero-order chi connectivity index (χ0) is 23.1. The van der Waals surface area contributed by atoms with Crippen molar-refractivity contribution >= 4 is 29.3 Å². The number of fused-ring (bicyclic) bond motifs is 1. The minimum atomic E-state index is -0.649. The first-order valence-corrected chi connectivity index (χ1v) is 11.4. The van der Waals surface area contributed by atoms with Gasteiger partial charge in [-0.3, -0.25) is 19.4 Å². The maximum absolute atomic E-state index is 13.6. The molecule has 0 bridgehead atoms. The molecule has 2 N–H and O–H groups in total. The van der Waals surface area contributed by atoms with Crippen LogP contribution >= 0.6 is 11.6 Å². The lowest BCUT2D eigenvalue weighted by atomic mass is 9.97. The third-order valence-corrected chi connectivity index (χ3v) is 6.79. The lowest BCUT2D eigenvalue weighted by molar-refractivity contribution is -0.168. The number of nitrogens with zero attached hydrogens (tertiary/aromatic N) is 5. The fourth-order valence-electron chi connectivity index (χ4n) is 4.91. The molecule has 0 aliphatic carbocycles. The van der Waals surface area contributed by atoms with Crippen molar-refractivity contribution in [2.24, 2.45) is 5.73 Å². The van der Waals surface area contributed by atoms with Crippen LogP contribution in [-0.4, -0.2) is 87.9 Å². The summed E-state index contributed by atoms with van der Waals surface area (Å²) in [4.78, 5) is 39.7. The molecule has 1 aromatic heterocycles. The van der Waals surface area contributed by atoms with Crippen LogP contribution in [0, 0.1) is 0 Å². The molecular weight excluding hydrogens is 448 g/mol. The van der Waals surface area contributed by atoms with Crippen molar-refractivity contribution in [1.82, 2.24) is 24.7 Å². The van der Waals surface area contributed by atoms with Crippen molar-refractivity contribution in [2.45, 2.75) is 25.3 Å². The molecule has 4 heterocycles. The monoisotopic (exact) mass is 472 g/mol. The normalized spacial score (nSPS) is 20.3. The summed E-state index contributed by atoms with van der Waals surface area (Å²) in [5.41, 5.74) is 7.31. The molecule has 2 fully saturated rings. The first-order chi connectivity index (χ1) is 15.9. The van der Waals surface area contributed by atoms with Crippen molar-refractivity contribution in [3.63, 3.8) is 0 Å². The molecule has 2 saturated heterocycles. The molecule has 1 aromatic carbocycles. The Hall–Kier alpha value is -2.95. The molecule has 174 valence electrons. The number of halogens is 1. The van der Waals surface area contributed by atoms with Crippen molar-refractivity contribution in [3.8, 4) is 5.69 Å². The van der Waals surface area contributed by atoms with Crippen LogP contribution in [0.4, 0.5) is 0 Å². The number of amides is 3. The lowest BCUT2D eigenvalue weighted by Crippen LogP contribution is -2.57. The van der Waals surface area contributed by atoms with E-state index in [0.29, 0.717) is 61.2 Å². The van der Waals surface area contributed by atoms with E-state index in [4.69, 9.17) is 22.1 Å². The number of ether oxygens (including phenoxy) is 1. The Morgan fingerprint density at radius 2 is 1.82 bits per heavy atom. The van der Waals surface area contributed by atoms with Crippen molar-refractivity contribution in [3.05, 3.63) is 46.2 Å². The van der Waals surface area contributed by atoms with Gasteiger partial charge in [0.1, 0.15) is 12.3 Å². The number of hydrogen-bond acceptors (Lipinski definition) is 6. The number of benzene rings is 1. The van der Waals surface area contributed by atoms with Crippen molar-refractivity contribution < 1.29 is 19.1 Å². The van der Waals surface area contributed by atoms with Crippen LogP contribution in [0.15, 0.2) is 24.3 Å². The third-order valence-electron chi connectivity index (χ3n) is 6.54. The van der Waals surface area contributed by atoms with Gasteiger partial charge < -0.3 is 15.4 Å². The van der Waals surface area contributed by atoms with Gasteiger partial charge in [-0.25, -0.2) is 9.69 Å². The molecule has 33 heavy (non-hydrogen) atoms. The molecule has 0 radical (unpaired) electrons. The fraction of sp³-hybridized carbons (Fsp3) is 0.455. The van der Waals surface area contributed by atoms with Crippen molar-refractivity contribution in [2.75, 3.05) is 39.4 Å². The Morgan fingerprint density at radius 3 is 2.48 bits per heavy atom. The number of morpholine rings is 1. The van der Waals surface area contributed by atoms with Crippen LogP contribution in [-0.2, 0) is 16.0 Å². The summed E-state index contributed by atoms with van der Waals surface area (Å²) in [5, 5.41) is 8.78. The molecule has 10 nitrogen and oxygen atoms in total. The van der Waals surface area contributed by atoms with E-state index in [0.717, 1.165) is 12.8 Å². The second-order valence-corrected chi connectivity index (χ2v) is 8.87. The summed E-state index contributed by atoms with van der Waals surface area (Å²) < 4.78 is 6.72. The highest BCUT2D eigenvalue weighted by Crippen LogP contribution is 2.29. The van der Waals surface area contributed by atoms with E-state index in [1.165, 1.54) is 4.68 Å². The molecule has 11 heteroatoms. The van der Waals surface area contributed by atoms with Crippen molar-refractivity contribution in [1.29, 1.82) is 0 Å². The van der Waals surface area contributed by atoms with Gasteiger partial charge in [-0.15, -0.1) is 0 Å². The molecular formula is C22H25ClN6O4. The zero-order valence-corrected chi connectivity index (χ0v) is 18.8. The van der Waals surface area contributed by atoms with Gasteiger partial charge in [-0.1, -0.05) is 11.6 Å². The van der Waals surface area contributed by atoms with Gasteiger partial charge in [0.25, 0.3) is 17.7 Å². The van der Waals surface area contributed by atoms with E-state index < -0.39 is 5.91 Å². The Balaban J connectivity index is 1.38. The van der Waals surface area contributed by atoms with E-state index in [1.807, 2.05) is 4.90 Å². The summed E-state index contributed by atoms with van der Waals surface area (Å²) in [6.07, 6.45) is 2.02. The highest BCUT2D eigenvalue weighted by molar-refractivity contribution is 6.30. The third kappa shape index (κ3) is 3.98. The first-order valence-electron chi connectivity index (χ1n) is 11.1. The summed E-state index contributed by atoms with van der Waals surface area (Å²) in [6.45, 7) is 3.09. The molecule has 5 rings (SSSR count). The summed E-state index contributed by atoms with van der Waals surface area (Å²) in [7, 11) is 0. The first kappa shape index (κ1) is 21.9. The molecule has 2 aromatic rings. The SMILES string of the molecule is NC(=O)c1nn(-c2ccc(Cl)cc2)c2c1CCN(C1CCN(N3CCOCC3=O)CC1)C2=O. The van der Waals surface area contributed by atoms with E-state index in [1.54, 1.807) is 29.3 Å². The van der Waals surface area contributed by atoms with E-state index in [2.05, 4.69) is 10.1 Å².